The van der Waals surface area contributed by atoms with E-state index in [9.17, 15) is 4.79 Å². The number of carbonyl (C=O) groups excluding carboxylic acids is 1. The minimum atomic E-state index is -0.0675. The molecule has 2 aromatic carbocycles. The second kappa shape index (κ2) is 7.51. The van der Waals surface area contributed by atoms with Gasteiger partial charge in [-0.1, -0.05) is 12.1 Å². The first-order valence-corrected chi connectivity index (χ1v) is 8.88. The van der Waals surface area contributed by atoms with Gasteiger partial charge >= 0.3 is 0 Å². The van der Waals surface area contributed by atoms with Crippen LogP contribution in [0, 0.1) is 0 Å². The van der Waals surface area contributed by atoms with Crippen LogP contribution in [0.4, 0.5) is 0 Å². The molecule has 2 aromatic heterocycles. The maximum atomic E-state index is 13.0. The lowest BCUT2D eigenvalue weighted by atomic mass is 10.1. The lowest BCUT2D eigenvalue weighted by Crippen LogP contribution is -2.29. The molecular formula is C20H20N6O2. The standard InChI is InChI=1S/C20H20N6O2/c1-25(10-9-19-23-16-8-7-14(28-2)11-17(16)24-19)20(27)15-5-3-4-6-18(15)26-12-21-22-13-26/h3-8,11-13H,9-10H2,1-2H3,(H,23,24). The number of ether oxygens (including phenoxy) is 1. The van der Waals surface area contributed by atoms with Crippen molar-refractivity contribution in [1.29, 1.82) is 0 Å². The van der Waals surface area contributed by atoms with E-state index in [0.717, 1.165) is 28.3 Å². The Kier molecular flexibility index (Phi) is 4.76. The van der Waals surface area contributed by atoms with Crippen LogP contribution in [-0.4, -0.2) is 56.2 Å². The van der Waals surface area contributed by atoms with Crippen molar-refractivity contribution in [1.82, 2.24) is 29.6 Å². The van der Waals surface area contributed by atoms with Gasteiger partial charge < -0.3 is 14.6 Å². The maximum Gasteiger partial charge on any atom is 0.255 e. The second-order valence-corrected chi connectivity index (χ2v) is 6.43. The van der Waals surface area contributed by atoms with Crippen molar-refractivity contribution in [3.8, 4) is 11.4 Å². The molecule has 28 heavy (non-hydrogen) atoms. The molecule has 1 amide bonds. The molecule has 0 radical (unpaired) electrons. The van der Waals surface area contributed by atoms with E-state index in [4.69, 9.17) is 4.74 Å². The van der Waals surface area contributed by atoms with Crippen molar-refractivity contribution in [3.05, 3.63) is 66.5 Å². The first kappa shape index (κ1) is 17.7. The minimum absolute atomic E-state index is 0.0675. The number of carbonyl (C=O) groups is 1. The number of hydrogen-bond acceptors (Lipinski definition) is 5. The zero-order valence-corrected chi connectivity index (χ0v) is 15.7. The SMILES string of the molecule is COc1ccc2nc(CCN(C)C(=O)c3ccccc3-n3cnnc3)[nH]c2c1. The molecule has 1 N–H and O–H groups in total. The zero-order valence-electron chi connectivity index (χ0n) is 15.7. The normalized spacial score (nSPS) is 10.9. The number of para-hydroxylation sites is 1. The van der Waals surface area contributed by atoms with Gasteiger partial charge in [0, 0.05) is 26.1 Å². The van der Waals surface area contributed by atoms with Crippen LogP contribution < -0.4 is 4.74 Å². The molecule has 142 valence electrons. The van der Waals surface area contributed by atoms with Gasteiger partial charge in [0.25, 0.3) is 5.91 Å². The number of aromatic amines is 1. The van der Waals surface area contributed by atoms with Gasteiger partial charge in [0.15, 0.2) is 0 Å². The first-order chi connectivity index (χ1) is 13.7. The lowest BCUT2D eigenvalue weighted by molar-refractivity contribution is 0.0796. The van der Waals surface area contributed by atoms with Crippen molar-refractivity contribution < 1.29 is 9.53 Å². The minimum Gasteiger partial charge on any atom is -0.497 e. The lowest BCUT2D eigenvalue weighted by Gasteiger charge is -2.18. The van der Waals surface area contributed by atoms with Crippen LogP contribution in [0.25, 0.3) is 16.7 Å². The third-order valence-electron chi connectivity index (χ3n) is 4.60. The largest absolute Gasteiger partial charge is 0.497 e. The highest BCUT2D eigenvalue weighted by atomic mass is 16.5. The van der Waals surface area contributed by atoms with E-state index in [1.807, 2.05) is 42.5 Å². The molecule has 4 aromatic rings. The van der Waals surface area contributed by atoms with Crippen LogP contribution in [-0.2, 0) is 6.42 Å². The molecule has 0 aliphatic rings. The molecule has 0 fully saturated rings. The predicted octanol–water partition coefficient (Wildman–Crippen LogP) is 2.47. The Morgan fingerprint density at radius 1 is 1.18 bits per heavy atom. The summed E-state index contributed by atoms with van der Waals surface area (Å²) in [6.07, 6.45) is 3.78. The third-order valence-corrected chi connectivity index (χ3v) is 4.60. The van der Waals surface area contributed by atoms with Gasteiger partial charge in [-0.2, -0.15) is 0 Å². The van der Waals surface area contributed by atoms with E-state index in [2.05, 4.69) is 20.2 Å². The highest BCUT2D eigenvalue weighted by Crippen LogP contribution is 2.19. The molecule has 0 spiro atoms. The van der Waals surface area contributed by atoms with Gasteiger partial charge in [-0.25, -0.2) is 4.98 Å². The average Bonchev–Trinajstić information content (AvgIpc) is 3.40. The first-order valence-electron chi connectivity index (χ1n) is 8.88. The number of methoxy groups -OCH3 is 1. The molecule has 4 rings (SSSR count). The number of imidazole rings is 1. The fourth-order valence-corrected chi connectivity index (χ4v) is 3.07. The molecule has 0 bridgehead atoms. The second-order valence-electron chi connectivity index (χ2n) is 6.43. The number of rotatable bonds is 6. The number of amides is 1. The number of nitrogens with one attached hydrogen (secondary N) is 1. The number of nitrogens with zero attached hydrogens (tertiary/aromatic N) is 5. The van der Waals surface area contributed by atoms with Crippen LogP contribution in [0.5, 0.6) is 5.75 Å². The number of H-pyrrole nitrogens is 1. The van der Waals surface area contributed by atoms with E-state index in [1.54, 1.807) is 36.3 Å². The Morgan fingerprint density at radius 3 is 2.75 bits per heavy atom. The number of hydrogen-bond donors (Lipinski definition) is 1. The van der Waals surface area contributed by atoms with Crippen molar-refractivity contribution >= 4 is 16.9 Å². The summed E-state index contributed by atoms with van der Waals surface area (Å²) in [5.41, 5.74) is 3.14. The van der Waals surface area contributed by atoms with E-state index < -0.39 is 0 Å². The van der Waals surface area contributed by atoms with Crippen molar-refractivity contribution in [2.24, 2.45) is 0 Å². The summed E-state index contributed by atoms with van der Waals surface area (Å²) in [5, 5.41) is 7.64. The molecule has 0 aliphatic carbocycles. The van der Waals surface area contributed by atoms with Crippen molar-refractivity contribution in [2.75, 3.05) is 20.7 Å². The molecule has 0 aliphatic heterocycles. The van der Waals surface area contributed by atoms with Crippen molar-refractivity contribution in [3.63, 3.8) is 0 Å². The van der Waals surface area contributed by atoms with Crippen LogP contribution >= 0.6 is 0 Å². The number of aromatic nitrogens is 5. The predicted molar refractivity (Wildman–Crippen MR) is 105 cm³/mol. The summed E-state index contributed by atoms with van der Waals surface area (Å²) in [4.78, 5) is 22.5. The summed E-state index contributed by atoms with van der Waals surface area (Å²) in [7, 11) is 3.42. The summed E-state index contributed by atoms with van der Waals surface area (Å²) in [6, 6.07) is 13.1. The van der Waals surface area contributed by atoms with Gasteiger partial charge in [0.1, 0.15) is 24.2 Å². The van der Waals surface area contributed by atoms with Crippen LogP contribution in [0.15, 0.2) is 55.1 Å². The summed E-state index contributed by atoms with van der Waals surface area (Å²) in [6.45, 7) is 0.534. The van der Waals surface area contributed by atoms with Gasteiger partial charge in [-0.3, -0.25) is 9.36 Å². The Labute approximate surface area is 161 Å². The van der Waals surface area contributed by atoms with Crippen LogP contribution in [0.2, 0.25) is 0 Å². The number of fused-ring (bicyclic) bond motifs is 1. The quantitative estimate of drug-likeness (QED) is 0.558. The highest BCUT2D eigenvalue weighted by molar-refractivity contribution is 5.97. The molecule has 8 heteroatoms. The monoisotopic (exact) mass is 376 g/mol. The van der Waals surface area contributed by atoms with Gasteiger partial charge in [0.2, 0.25) is 0 Å². The highest BCUT2D eigenvalue weighted by Gasteiger charge is 2.17. The Morgan fingerprint density at radius 2 is 1.96 bits per heavy atom. The topological polar surface area (TPSA) is 88.9 Å². The van der Waals surface area contributed by atoms with Gasteiger partial charge in [-0.05, 0) is 24.3 Å². The molecule has 0 unspecified atom stereocenters. The molecule has 8 nitrogen and oxygen atoms in total. The number of benzene rings is 2. The van der Waals surface area contributed by atoms with E-state index >= 15 is 0 Å². The van der Waals surface area contributed by atoms with Crippen LogP contribution in [0.3, 0.4) is 0 Å². The molecule has 0 saturated carbocycles. The van der Waals surface area contributed by atoms with E-state index in [0.29, 0.717) is 18.5 Å². The van der Waals surface area contributed by atoms with Crippen molar-refractivity contribution in [2.45, 2.75) is 6.42 Å². The van der Waals surface area contributed by atoms with E-state index in [1.165, 1.54) is 0 Å². The summed E-state index contributed by atoms with van der Waals surface area (Å²) in [5.74, 6) is 1.54. The molecular weight excluding hydrogens is 356 g/mol. The van der Waals surface area contributed by atoms with Crippen LogP contribution in [0.1, 0.15) is 16.2 Å². The summed E-state index contributed by atoms with van der Waals surface area (Å²) >= 11 is 0. The van der Waals surface area contributed by atoms with E-state index in [-0.39, 0.29) is 5.91 Å². The molecule has 0 saturated heterocycles. The van der Waals surface area contributed by atoms with Gasteiger partial charge in [0.05, 0.1) is 29.4 Å². The maximum absolute atomic E-state index is 13.0. The zero-order chi connectivity index (χ0) is 19.5. The third kappa shape index (κ3) is 3.44. The Hall–Kier alpha value is -3.68. The fourth-order valence-electron chi connectivity index (χ4n) is 3.07. The molecule has 2 heterocycles. The summed E-state index contributed by atoms with van der Waals surface area (Å²) < 4.78 is 6.97. The Balaban J connectivity index is 1.49. The molecule has 0 atom stereocenters. The smallest absolute Gasteiger partial charge is 0.255 e. The average molecular weight is 376 g/mol. The fraction of sp³-hybridized carbons (Fsp3) is 0.200. The Bertz CT molecular complexity index is 1100. The number of likely N-dealkylation sites (N-methyl/N-ethyl adjacent to an activating group) is 1. The van der Waals surface area contributed by atoms with Gasteiger partial charge in [-0.15, -0.1) is 10.2 Å².